The molecule has 2 saturated heterocycles. The van der Waals surface area contributed by atoms with Gasteiger partial charge >= 0.3 is 12.1 Å². The summed E-state index contributed by atoms with van der Waals surface area (Å²) in [5.41, 5.74) is 0. The van der Waals surface area contributed by atoms with Gasteiger partial charge in [-0.2, -0.15) is 0 Å². The Kier molecular flexibility index (Phi) is 6.69. The van der Waals surface area contributed by atoms with Crippen LogP contribution in [-0.4, -0.2) is 73.7 Å². The zero-order valence-electron chi connectivity index (χ0n) is 16.8. The molecule has 2 aliphatic heterocycles. The monoisotopic (exact) mass is 386 g/mol. The summed E-state index contributed by atoms with van der Waals surface area (Å²) >= 11 is 0. The third kappa shape index (κ3) is 4.70. The lowest BCUT2D eigenvalue weighted by Crippen LogP contribution is -2.55. The summed E-state index contributed by atoms with van der Waals surface area (Å²) in [7, 11) is 2.50. The number of likely N-dealkylation sites (tertiary alicyclic amines) is 1. The Labute approximate surface area is 159 Å². The third-order valence-electron chi connectivity index (χ3n) is 4.94. The van der Waals surface area contributed by atoms with Crippen LogP contribution in [0.1, 0.15) is 40.5 Å². The second-order valence-electron chi connectivity index (χ2n) is 7.57. The predicted octanol–water partition coefficient (Wildman–Crippen LogP) is 1.05. The van der Waals surface area contributed by atoms with Crippen molar-refractivity contribution in [3.8, 4) is 0 Å². The van der Waals surface area contributed by atoms with Crippen molar-refractivity contribution < 1.29 is 33.3 Å². The van der Waals surface area contributed by atoms with Gasteiger partial charge in [0.15, 0.2) is 5.79 Å². The molecule has 2 heterocycles. The van der Waals surface area contributed by atoms with E-state index < -0.39 is 35.8 Å². The average Bonchev–Trinajstić information content (AvgIpc) is 2.95. The van der Waals surface area contributed by atoms with Crippen molar-refractivity contribution in [2.75, 3.05) is 20.8 Å². The van der Waals surface area contributed by atoms with Gasteiger partial charge < -0.3 is 29.2 Å². The van der Waals surface area contributed by atoms with E-state index in [-0.39, 0.29) is 31.1 Å². The fourth-order valence-electron chi connectivity index (χ4n) is 3.79. The van der Waals surface area contributed by atoms with Crippen molar-refractivity contribution in [2.24, 2.45) is 5.92 Å². The van der Waals surface area contributed by atoms with Crippen molar-refractivity contribution in [1.29, 1.82) is 0 Å². The van der Waals surface area contributed by atoms with E-state index in [0.717, 1.165) is 6.42 Å². The highest BCUT2D eigenvalue weighted by atomic mass is 16.7. The van der Waals surface area contributed by atoms with E-state index in [2.05, 4.69) is 10.1 Å². The molecule has 4 atom stereocenters. The lowest BCUT2D eigenvalue weighted by molar-refractivity contribution is -0.303. The van der Waals surface area contributed by atoms with Crippen LogP contribution in [0.25, 0.3) is 0 Å². The van der Waals surface area contributed by atoms with Crippen LogP contribution in [0, 0.1) is 5.92 Å². The molecule has 0 aromatic heterocycles. The smallest absolute Gasteiger partial charge is 0.407 e. The number of rotatable bonds is 4. The number of carbonyl (C=O) groups is 3. The fraction of sp³-hybridized carbons (Fsp3) is 0.833. The van der Waals surface area contributed by atoms with Gasteiger partial charge in [-0.15, -0.1) is 0 Å². The van der Waals surface area contributed by atoms with Gasteiger partial charge in [-0.3, -0.25) is 4.79 Å². The van der Waals surface area contributed by atoms with Gasteiger partial charge in [0.2, 0.25) is 5.91 Å². The quantitative estimate of drug-likeness (QED) is 0.720. The molecule has 9 heteroatoms. The van der Waals surface area contributed by atoms with Gasteiger partial charge in [-0.05, 0) is 26.2 Å². The molecule has 0 bridgehead atoms. The molecule has 2 aliphatic rings. The minimum absolute atomic E-state index is 0.0591. The first-order valence-corrected chi connectivity index (χ1v) is 9.21. The van der Waals surface area contributed by atoms with E-state index in [0.29, 0.717) is 0 Å². The third-order valence-corrected chi connectivity index (χ3v) is 4.94. The van der Waals surface area contributed by atoms with Gasteiger partial charge in [-0.1, -0.05) is 13.8 Å². The average molecular weight is 386 g/mol. The number of nitrogens with zero attached hydrogens (tertiary/aromatic N) is 1. The Morgan fingerprint density at radius 1 is 1.11 bits per heavy atom. The summed E-state index contributed by atoms with van der Waals surface area (Å²) in [6.07, 6.45) is 0.0885. The van der Waals surface area contributed by atoms with E-state index in [1.54, 1.807) is 13.8 Å². The van der Waals surface area contributed by atoms with Crippen molar-refractivity contribution in [3.63, 3.8) is 0 Å². The summed E-state index contributed by atoms with van der Waals surface area (Å²) < 4.78 is 21.5. The number of carbonyl (C=O) groups excluding carboxylic acids is 3. The van der Waals surface area contributed by atoms with E-state index in [1.807, 2.05) is 13.8 Å². The maximum absolute atomic E-state index is 13.2. The van der Waals surface area contributed by atoms with E-state index >= 15 is 0 Å². The molecule has 0 aromatic rings. The SMILES string of the molecule is COC(=O)NC(C(=O)N1CC2(CC1C(=O)OC)OC(C)CC(C)O2)C(C)C. The second kappa shape index (κ2) is 8.43. The molecule has 2 rings (SSSR count). The highest BCUT2D eigenvalue weighted by Crippen LogP contribution is 2.39. The topological polar surface area (TPSA) is 103 Å². The maximum atomic E-state index is 13.2. The highest BCUT2D eigenvalue weighted by molar-refractivity contribution is 5.90. The number of nitrogens with one attached hydrogen (secondary N) is 1. The molecular weight excluding hydrogens is 356 g/mol. The molecule has 2 amide bonds. The van der Waals surface area contributed by atoms with Crippen LogP contribution in [0.4, 0.5) is 4.79 Å². The fourth-order valence-corrected chi connectivity index (χ4v) is 3.79. The Hall–Kier alpha value is -1.87. The number of hydrogen-bond acceptors (Lipinski definition) is 7. The number of esters is 1. The van der Waals surface area contributed by atoms with Crippen LogP contribution in [0.2, 0.25) is 0 Å². The Balaban J connectivity index is 2.29. The van der Waals surface area contributed by atoms with Gasteiger partial charge in [0, 0.05) is 6.42 Å². The van der Waals surface area contributed by atoms with Crippen molar-refractivity contribution in [1.82, 2.24) is 10.2 Å². The summed E-state index contributed by atoms with van der Waals surface area (Å²) in [5, 5.41) is 2.54. The summed E-state index contributed by atoms with van der Waals surface area (Å²) in [6, 6.07) is -1.70. The first-order chi connectivity index (χ1) is 12.6. The normalized spacial score (nSPS) is 31.7. The molecule has 4 unspecified atom stereocenters. The second-order valence-corrected chi connectivity index (χ2v) is 7.57. The van der Waals surface area contributed by atoms with Crippen molar-refractivity contribution >= 4 is 18.0 Å². The number of ether oxygens (including phenoxy) is 4. The van der Waals surface area contributed by atoms with E-state index in [4.69, 9.17) is 14.2 Å². The van der Waals surface area contributed by atoms with Crippen molar-refractivity contribution in [3.05, 3.63) is 0 Å². The summed E-state index contributed by atoms with van der Waals surface area (Å²) in [4.78, 5) is 38.6. The van der Waals surface area contributed by atoms with E-state index in [9.17, 15) is 14.4 Å². The molecule has 1 N–H and O–H groups in total. The standard InChI is InChI=1S/C18H30N2O7/c1-10(2)14(19-17(23)25-6)15(21)20-9-18(8-13(20)16(22)24-5)26-11(3)7-12(4)27-18/h10-14H,7-9H2,1-6H3,(H,19,23). The molecule has 9 nitrogen and oxygen atoms in total. The highest BCUT2D eigenvalue weighted by Gasteiger charge is 2.55. The zero-order chi connectivity index (χ0) is 20.4. The van der Waals surface area contributed by atoms with Gasteiger partial charge in [-0.25, -0.2) is 9.59 Å². The number of amides is 2. The van der Waals surface area contributed by atoms with Crippen LogP contribution in [0.3, 0.4) is 0 Å². The number of alkyl carbamates (subject to hydrolysis) is 1. The molecule has 0 aliphatic carbocycles. The van der Waals surface area contributed by atoms with Crippen LogP contribution >= 0.6 is 0 Å². The molecule has 0 saturated carbocycles. The Morgan fingerprint density at radius 2 is 1.70 bits per heavy atom. The Morgan fingerprint density at radius 3 is 2.19 bits per heavy atom. The zero-order valence-corrected chi connectivity index (χ0v) is 16.8. The van der Waals surface area contributed by atoms with Crippen LogP contribution < -0.4 is 5.32 Å². The molecule has 0 aromatic carbocycles. The summed E-state index contributed by atoms with van der Waals surface area (Å²) in [5.74, 6) is -2.21. The first-order valence-electron chi connectivity index (χ1n) is 9.21. The Bertz CT molecular complexity index is 570. The largest absolute Gasteiger partial charge is 0.467 e. The van der Waals surface area contributed by atoms with Gasteiger partial charge in [0.1, 0.15) is 12.1 Å². The molecule has 0 radical (unpaired) electrons. The van der Waals surface area contributed by atoms with Crippen LogP contribution in [0.5, 0.6) is 0 Å². The predicted molar refractivity (Wildman–Crippen MR) is 94.7 cm³/mol. The van der Waals surface area contributed by atoms with Gasteiger partial charge in [0.25, 0.3) is 0 Å². The molecule has 2 fully saturated rings. The minimum atomic E-state index is -1.06. The van der Waals surface area contributed by atoms with Crippen LogP contribution in [0.15, 0.2) is 0 Å². The first kappa shape index (κ1) is 21.4. The minimum Gasteiger partial charge on any atom is -0.467 e. The van der Waals surface area contributed by atoms with E-state index in [1.165, 1.54) is 19.1 Å². The van der Waals surface area contributed by atoms with Crippen LogP contribution in [-0.2, 0) is 28.5 Å². The van der Waals surface area contributed by atoms with Crippen molar-refractivity contribution in [2.45, 2.75) is 70.6 Å². The van der Waals surface area contributed by atoms with Gasteiger partial charge in [0.05, 0.1) is 33.0 Å². The maximum Gasteiger partial charge on any atom is 0.407 e. The molecular formula is C18H30N2O7. The summed E-state index contributed by atoms with van der Waals surface area (Å²) in [6.45, 7) is 7.57. The molecule has 154 valence electrons. The number of methoxy groups -OCH3 is 2. The molecule has 1 spiro atoms. The molecule has 27 heavy (non-hydrogen) atoms. The number of hydrogen-bond donors (Lipinski definition) is 1. The lowest BCUT2D eigenvalue weighted by Gasteiger charge is -2.40. The lowest BCUT2D eigenvalue weighted by atomic mass is 10.0.